The van der Waals surface area contributed by atoms with Crippen LogP contribution < -0.4 is 4.74 Å². The van der Waals surface area contributed by atoms with Gasteiger partial charge in [0.2, 0.25) is 0 Å². The van der Waals surface area contributed by atoms with Crippen molar-refractivity contribution in [3.8, 4) is 5.75 Å². The lowest BCUT2D eigenvalue weighted by atomic mass is 9.93. The summed E-state index contributed by atoms with van der Waals surface area (Å²) in [6.07, 6.45) is -0.624. The molecule has 2 heteroatoms. The third-order valence-corrected chi connectivity index (χ3v) is 4.81. The maximum atomic E-state index is 11.0. The second-order valence-corrected chi connectivity index (χ2v) is 6.37. The van der Waals surface area contributed by atoms with Crippen LogP contribution in [-0.4, -0.2) is 12.2 Å². The van der Waals surface area contributed by atoms with Crippen molar-refractivity contribution in [2.45, 2.75) is 13.0 Å². The van der Waals surface area contributed by atoms with E-state index in [1.807, 2.05) is 42.5 Å². The van der Waals surface area contributed by atoms with Gasteiger partial charge in [0.15, 0.2) is 0 Å². The Morgan fingerprint density at radius 1 is 0.800 bits per heavy atom. The highest BCUT2D eigenvalue weighted by Gasteiger charge is 2.31. The number of ether oxygens (including phenoxy) is 1. The van der Waals surface area contributed by atoms with Gasteiger partial charge in [-0.2, -0.15) is 0 Å². The van der Waals surface area contributed by atoms with Crippen LogP contribution in [0.3, 0.4) is 0 Å². The molecule has 0 heterocycles. The molecule has 4 rings (SSSR count). The Bertz CT molecular complexity index is 935. The van der Waals surface area contributed by atoms with Gasteiger partial charge < -0.3 is 9.84 Å². The lowest BCUT2D eigenvalue weighted by molar-refractivity contribution is 0.241. The Morgan fingerprint density at radius 2 is 1.44 bits per heavy atom. The van der Waals surface area contributed by atoms with Crippen LogP contribution in [0.1, 0.15) is 33.9 Å². The fourth-order valence-electron chi connectivity index (χ4n) is 3.50. The summed E-state index contributed by atoms with van der Waals surface area (Å²) in [6, 6.07) is 24.5. The van der Waals surface area contributed by atoms with Gasteiger partial charge in [0, 0.05) is 5.57 Å². The molecule has 1 N–H and O–H groups in total. The quantitative estimate of drug-likeness (QED) is 0.732. The zero-order chi connectivity index (χ0) is 17.4. The fraction of sp³-hybridized carbons (Fsp3) is 0.130. The predicted octanol–water partition coefficient (Wildman–Crippen LogP) is 5.01. The smallest absolute Gasteiger partial charge is 0.118 e. The molecule has 0 saturated carbocycles. The first-order valence-electron chi connectivity index (χ1n) is 8.42. The molecule has 124 valence electrons. The first-order chi connectivity index (χ1) is 12.2. The summed E-state index contributed by atoms with van der Waals surface area (Å²) < 4.78 is 5.27. The second-order valence-electron chi connectivity index (χ2n) is 6.37. The average Bonchev–Trinajstić information content (AvgIpc) is 2.95. The van der Waals surface area contributed by atoms with Gasteiger partial charge in [0.25, 0.3) is 0 Å². The highest BCUT2D eigenvalue weighted by Crippen LogP contribution is 2.48. The van der Waals surface area contributed by atoms with Gasteiger partial charge in [-0.05, 0) is 46.9 Å². The molecule has 0 amide bonds. The van der Waals surface area contributed by atoms with Gasteiger partial charge in [0.05, 0.1) is 7.11 Å². The van der Waals surface area contributed by atoms with Crippen LogP contribution in [0.4, 0.5) is 0 Å². The molecule has 0 aliphatic heterocycles. The van der Waals surface area contributed by atoms with E-state index in [9.17, 15) is 5.11 Å². The van der Waals surface area contributed by atoms with E-state index < -0.39 is 6.10 Å². The van der Waals surface area contributed by atoms with Crippen LogP contribution in [0.5, 0.6) is 5.75 Å². The molecule has 0 aromatic heterocycles. The number of aliphatic hydroxyl groups excluding tert-OH is 1. The lowest BCUT2D eigenvalue weighted by Crippen LogP contribution is -1.97. The van der Waals surface area contributed by atoms with Crippen molar-refractivity contribution in [2.75, 3.05) is 7.11 Å². The third-order valence-electron chi connectivity index (χ3n) is 4.81. The largest absolute Gasteiger partial charge is 0.497 e. The summed E-state index contributed by atoms with van der Waals surface area (Å²) in [4.78, 5) is 0. The summed E-state index contributed by atoms with van der Waals surface area (Å²) in [7, 11) is 1.66. The SMILES string of the molecule is COc1ccc(C2=C(c3ccc(C)cc3)c3ccccc3C2O)cc1. The summed E-state index contributed by atoms with van der Waals surface area (Å²) >= 11 is 0. The monoisotopic (exact) mass is 328 g/mol. The number of hydrogen-bond donors (Lipinski definition) is 1. The first-order valence-corrected chi connectivity index (χ1v) is 8.42. The highest BCUT2D eigenvalue weighted by molar-refractivity contribution is 6.05. The normalized spacial score (nSPS) is 16.0. The molecule has 0 saturated heterocycles. The fourth-order valence-corrected chi connectivity index (χ4v) is 3.50. The zero-order valence-electron chi connectivity index (χ0n) is 14.4. The van der Waals surface area contributed by atoms with E-state index in [4.69, 9.17) is 4.74 Å². The molecular weight excluding hydrogens is 308 g/mol. The van der Waals surface area contributed by atoms with Crippen molar-refractivity contribution in [3.63, 3.8) is 0 Å². The van der Waals surface area contributed by atoms with Gasteiger partial charge >= 0.3 is 0 Å². The van der Waals surface area contributed by atoms with Crippen LogP contribution in [-0.2, 0) is 0 Å². The number of rotatable bonds is 3. The summed E-state index contributed by atoms with van der Waals surface area (Å²) in [6.45, 7) is 2.08. The van der Waals surface area contributed by atoms with Crippen molar-refractivity contribution >= 4 is 11.1 Å². The summed E-state index contributed by atoms with van der Waals surface area (Å²) in [5.74, 6) is 0.811. The Morgan fingerprint density at radius 3 is 2.12 bits per heavy atom. The maximum absolute atomic E-state index is 11.0. The molecule has 1 aliphatic rings. The highest BCUT2D eigenvalue weighted by atomic mass is 16.5. The number of hydrogen-bond acceptors (Lipinski definition) is 2. The van der Waals surface area contributed by atoms with E-state index in [0.29, 0.717) is 0 Å². The summed E-state index contributed by atoms with van der Waals surface area (Å²) in [5, 5.41) is 11.0. The molecule has 1 unspecified atom stereocenters. The minimum absolute atomic E-state index is 0.624. The molecule has 3 aromatic carbocycles. The van der Waals surface area contributed by atoms with Gasteiger partial charge in [-0.1, -0.05) is 66.2 Å². The van der Waals surface area contributed by atoms with Crippen molar-refractivity contribution in [3.05, 3.63) is 101 Å². The molecule has 3 aromatic rings. The molecular formula is C23H20O2. The molecule has 0 spiro atoms. The molecule has 2 nitrogen and oxygen atoms in total. The van der Waals surface area contributed by atoms with Crippen LogP contribution in [0.15, 0.2) is 72.8 Å². The van der Waals surface area contributed by atoms with Gasteiger partial charge in [-0.15, -0.1) is 0 Å². The van der Waals surface area contributed by atoms with Crippen LogP contribution in [0.25, 0.3) is 11.1 Å². The van der Waals surface area contributed by atoms with E-state index in [-0.39, 0.29) is 0 Å². The van der Waals surface area contributed by atoms with Gasteiger partial charge in [-0.3, -0.25) is 0 Å². The standard InChI is InChI=1S/C23H20O2/c1-15-7-9-16(10-8-15)21-19-5-3-4-6-20(19)23(24)22(21)17-11-13-18(25-2)14-12-17/h3-14,23-24H,1-2H3. The van der Waals surface area contributed by atoms with Crippen LogP contribution in [0.2, 0.25) is 0 Å². The minimum Gasteiger partial charge on any atom is -0.497 e. The Labute approximate surface area is 148 Å². The molecule has 1 aliphatic carbocycles. The average molecular weight is 328 g/mol. The molecule has 1 atom stereocenters. The van der Waals surface area contributed by atoms with Crippen LogP contribution in [0, 0.1) is 6.92 Å². The Hall–Kier alpha value is -2.84. The molecule has 0 radical (unpaired) electrons. The minimum atomic E-state index is -0.624. The maximum Gasteiger partial charge on any atom is 0.118 e. The van der Waals surface area contributed by atoms with E-state index in [1.165, 1.54) is 5.56 Å². The number of methoxy groups -OCH3 is 1. The Kier molecular flexibility index (Phi) is 3.90. The molecule has 0 fully saturated rings. The molecule has 0 bridgehead atoms. The third kappa shape index (κ3) is 2.65. The number of benzene rings is 3. The van der Waals surface area contributed by atoms with Gasteiger partial charge in [0.1, 0.15) is 11.9 Å². The van der Waals surface area contributed by atoms with Crippen molar-refractivity contribution in [1.29, 1.82) is 0 Å². The second kappa shape index (κ2) is 6.23. The topological polar surface area (TPSA) is 29.5 Å². The van der Waals surface area contributed by atoms with E-state index in [1.54, 1.807) is 7.11 Å². The zero-order valence-corrected chi connectivity index (χ0v) is 14.4. The van der Waals surface area contributed by atoms with Gasteiger partial charge in [-0.25, -0.2) is 0 Å². The van der Waals surface area contributed by atoms with Crippen molar-refractivity contribution in [1.82, 2.24) is 0 Å². The number of fused-ring (bicyclic) bond motifs is 1. The van der Waals surface area contributed by atoms with E-state index >= 15 is 0 Å². The number of aliphatic hydroxyl groups is 1. The first kappa shape index (κ1) is 15.7. The van der Waals surface area contributed by atoms with Crippen molar-refractivity contribution < 1.29 is 9.84 Å². The van der Waals surface area contributed by atoms with Crippen LogP contribution >= 0.6 is 0 Å². The van der Waals surface area contributed by atoms with E-state index in [0.717, 1.165) is 39.1 Å². The Balaban J connectivity index is 1.95. The predicted molar refractivity (Wildman–Crippen MR) is 101 cm³/mol. The van der Waals surface area contributed by atoms with E-state index in [2.05, 4.69) is 37.3 Å². The lowest BCUT2D eigenvalue weighted by Gasteiger charge is -2.13. The summed E-state index contributed by atoms with van der Waals surface area (Å²) in [5.41, 5.74) is 7.48. The van der Waals surface area contributed by atoms with Crippen molar-refractivity contribution in [2.24, 2.45) is 0 Å². The number of aryl methyl sites for hydroxylation is 1. The molecule has 25 heavy (non-hydrogen) atoms.